The summed E-state index contributed by atoms with van der Waals surface area (Å²) in [5.41, 5.74) is 0. The third kappa shape index (κ3) is 19.9. The van der Waals surface area contributed by atoms with Gasteiger partial charge in [-0.2, -0.15) is 0 Å². The van der Waals surface area contributed by atoms with Crippen molar-refractivity contribution < 1.29 is 61.8 Å². The number of carboxylic acid groups (broad SMARTS) is 4. The van der Waals surface area contributed by atoms with Gasteiger partial charge in [-0.1, -0.05) is 0 Å². The van der Waals surface area contributed by atoms with Crippen LogP contribution in [0.15, 0.2) is 0 Å². The molecule has 0 aliphatic heterocycles. The summed E-state index contributed by atoms with van der Waals surface area (Å²) in [7, 11) is 0. The van der Waals surface area contributed by atoms with Crippen molar-refractivity contribution in [2.45, 2.75) is 25.4 Å². The Bertz CT molecular complexity index is 287. The van der Waals surface area contributed by atoms with Gasteiger partial charge in [0.05, 0.1) is 12.1 Å². The Morgan fingerprint density at radius 1 is 0.833 bits per heavy atom. The van der Waals surface area contributed by atoms with Crippen molar-refractivity contribution in [3.05, 3.63) is 0 Å². The monoisotopic (exact) mass is 304 g/mol. The zero-order valence-corrected chi connectivity index (χ0v) is 9.87. The average Bonchev–Trinajstić information content (AvgIpc) is 2.14. The molecule has 0 bridgehead atoms. The Balaban J connectivity index is -0.000000238. The zero-order chi connectivity index (χ0) is 14.0. The van der Waals surface area contributed by atoms with Crippen molar-refractivity contribution in [1.82, 2.24) is 0 Å². The van der Waals surface area contributed by atoms with Gasteiger partial charge in [0.1, 0.15) is 0 Å². The number of carbonyl (C=O) groups excluding carboxylic acids is 4. The molecule has 0 saturated carbocycles. The predicted molar refractivity (Wildman–Crippen MR) is 39.9 cm³/mol. The molecule has 0 aliphatic carbocycles. The van der Waals surface area contributed by atoms with E-state index in [1.165, 1.54) is 0 Å². The molecule has 1 N–H and O–H groups in total. The summed E-state index contributed by atoms with van der Waals surface area (Å²) >= 11 is 0. The summed E-state index contributed by atoms with van der Waals surface area (Å²) in [4.78, 5) is 38.1. The van der Waals surface area contributed by atoms with Crippen molar-refractivity contribution in [1.29, 1.82) is 0 Å². The van der Waals surface area contributed by atoms with Gasteiger partial charge in [-0.15, -0.1) is 0 Å². The molecule has 0 aliphatic rings. The van der Waals surface area contributed by atoms with Gasteiger partial charge in [0.25, 0.3) is 0 Å². The second kappa shape index (κ2) is 11.8. The van der Waals surface area contributed by atoms with Crippen LogP contribution in [0.5, 0.6) is 0 Å². The minimum atomic E-state index is -1.96. The molecule has 0 aromatic rings. The molecule has 0 radical (unpaired) electrons. The quantitative estimate of drug-likeness (QED) is 0.466. The third-order valence-electron chi connectivity index (χ3n) is 1.17. The molecule has 0 fully saturated rings. The summed E-state index contributed by atoms with van der Waals surface area (Å²) in [5.74, 6) is -6.16. The van der Waals surface area contributed by atoms with E-state index >= 15 is 0 Å². The largest absolute Gasteiger partial charge is 4.00 e. The molecule has 0 aromatic carbocycles. The second-order valence-electron chi connectivity index (χ2n) is 2.65. The van der Waals surface area contributed by atoms with E-state index in [1.807, 2.05) is 0 Å². The van der Waals surface area contributed by atoms with Crippen LogP contribution in [0.25, 0.3) is 0 Å². The fraction of sp³-hybridized carbons (Fsp3) is 0.500. The molecule has 0 heterocycles. The van der Waals surface area contributed by atoms with Crippen molar-refractivity contribution in [3.63, 3.8) is 0 Å². The fourth-order valence-electron chi connectivity index (χ4n) is 0.445. The van der Waals surface area contributed by atoms with Gasteiger partial charge in [0, 0.05) is 24.3 Å². The Hall–Kier alpha value is -1.64. The van der Waals surface area contributed by atoms with Gasteiger partial charge in [-0.25, -0.2) is 0 Å². The van der Waals surface area contributed by atoms with Crippen molar-refractivity contribution in [2.75, 3.05) is 0 Å². The molecule has 0 saturated heterocycles. The summed E-state index contributed by atoms with van der Waals surface area (Å²) < 4.78 is 0. The molecule has 1 unspecified atom stereocenters. The van der Waals surface area contributed by atoms with Crippen molar-refractivity contribution >= 4 is 23.9 Å². The first-order valence-corrected chi connectivity index (χ1v) is 4.15. The smallest absolute Gasteiger partial charge is 0.550 e. The van der Waals surface area contributed by atoms with Crippen LogP contribution in [-0.4, -0.2) is 35.1 Å². The number of carboxylic acids is 4. The molecule has 9 nitrogen and oxygen atoms in total. The zero-order valence-electron chi connectivity index (χ0n) is 8.77. The van der Waals surface area contributed by atoms with Gasteiger partial charge >= 0.3 is 17.1 Å². The third-order valence-corrected chi connectivity index (χ3v) is 1.17. The first-order chi connectivity index (χ1) is 7.66. The van der Waals surface area contributed by atoms with Crippen molar-refractivity contribution in [3.8, 4) is 0 Å². The van der Waals surface area contributed by atoms with Gasteiger partial charge in [-0.05, 0) is 12.8 Å². The minimum absolute atomic E-state index is 0. The van der Waals surface area contributed by atoms with E-state index in [0.29, 0.717) is 0 Å². The molecule has 0 rings (SSSR count). The summed E-state index contributed by atoms with van der Waals surface area (Å²) in [5, 5.41) is 46.4. The average molecular weight is 304 g/mol. The van der Waals surface area contributed by atoms with E-state index in [0.717, 1.165) is 0 Å². The van der Waals surface area contributed by atoms with Gasteiger partial charge in [-0.3, -0.25) is 0 Å². The molecule has 18 heavy (non-hydrogen) atoms. The van der Waals surface area contributed by atoms with Crippen LogP contribution < -0.4 is 20.4 Å². The van der Waals surface area contributed by atoms with E-state index in [-0.39, 0.29) is 17.1 Å². The number of hydrogen-bond donors (Lipinski definition) is 1. The normalized spacial score (nSPS) is 10.1. The topological polar surface area (TPSA) is 181 Å². The molecular weight excluding hydrogens is 296 g/mol. The van der Waals surface area contributed by atoms with Crippen LogP contribution in [0, 0.1) is 0 Å². The van der Waals surface area contributed by atoms with Crippen LogP contribution >= 0.6 is 0 Å². The number of rotatable bonds is 6. The van der Waals surface area contributed by atoms with Crippen LogP contribution in [0.2, 0.25) is 0 Å². The summed E-state index contributed by atoms with van der Waals surface area (Å²) in [6.07, 6.45) is -3.83. The van der Waals surface area contributed by atoms with E-state index < -0.39 is 49.2 Å². The molecule has 102 valence electrons. The Kier molecular flexibility index (Phi) is 14.2. The molecule has 0 spiro atoms. The molecule has 0 aromatic heterocycles. The van der Waals surface area contributed by atoms with Crippen LogP contribution in [0.4, 0.5) is 0 Å². The molecule has 1 atom stereocenters. The van der Waals surface area contributed by atoms with Crippen molar-refractivity contribution in [2.24, 2.45) is 0 Å². The number of aliphatic hydroxyl groups is 1. The summed E-state index contributed by atoms with van der Waals surface area (Å²) in [6, 6.07) is 0. The van der Waals surface area contributed by atoms with E-state index in [4.69, 9.17) is 5.11 Å². The fourth-order valence-corrected chi connectivity index (χ4v) is 0.445. The maximum absolute atomic E-state index is 9.58. The second-order valence-corrected chi connectivity index (χ2v) is 2.65. The Morgan fingerprint density at radius 3 is 1.28 bits per heavy atom. The first kappa shape index (κ1) is 21.6. The standard InChI is InChI=1S/C4H6O5.C4H6O4.Fe/c5-2(4(8)9)1-3(6)7;5-3(6)1-2-4(7)8;/h2,5H,1H2,(H,6,7)(H,8,9);1-2H2,(H,5,6)(H,7,8);/q;;+4/p-4. The molecule has 10 heteroatoms. The van der Waals surface area contributed by atoms with Gasteiger partial charge < -0.3 is 44.7 Å². The first-order valence-electron chi connectivity index (χ1n) is 4.15. The van der Waals surface area contributed by atoms with E-state index in [2.05, 4.69) is 0 Å². The SMILES string of the molecule is O=C([O-])CC(O)C(=O)[O-].O=C([O-])CCC(=O)[O-].[Fe+4]. The Labute approximate surface area is 112 Å². The van der Waals surface area contributed by atoms with Crippen LogP contribution in [0.1, 0.15) is 19.3 Å². The van der Waals surface area contributed by atoms with Crippen LogP contribution in [-0.2, 0) is 36.2 Å². The molecule has 0 amide bonds. The number of hydrogen-bond acceptors (Lipinski definition) is 9. The van der Waals surface area contributed by atoms with Crippen LogP contribution in [0.3, 0.4) is 0 Å². The van der Waals surface area contributed by atoms with Gasteiger partial charge in [0.15, 0.2) is 0 Å². The number of aliphatic hydroxyl groups excluding tert-OH is 1. The number of aliphatic carboxylic acids is 4. The molecular formula is C8H8FeO9. The summed E-state index contributed by atoms with van der Waals surface area (Å²) in [6.45, 7) is 0. The maximum atomic E-state index is 9.58. The Morgan fingerprint density at radius 2 is 1.17 bits per heavy atom. The van der Waals surface area contributed by atoms with E-state index in [1.54, 1.807) is 0 Å². The minimum Gasteiger partial charge on any atom is -0.550 e. The maximum Gasteiger partial charge on any atom is 4.00 e. The van der Waals surface area contributed by atoms with E-state index in [9.17, 15) is 39.6 Å². The predicted octanol–water partition coefficient (Wildman–Crippen LogP) is -6.50. The number of carbonyl (C=O) groups is 4. The van der Waals surface area contributed by atoms with Gasteiger partial charge in [0.2, 0.25) is 0 Å².